The van der Waals surface area contributed by atoms with Crippen LogP contribution in [-0.2, 0) is 16.1 Å². The van der Waals surface area contributed by atoms with E-state index < -0.39 is 23.9 Å². The monoisotopic (exact) mass is 396 g/mol. The van der Waals surface area contributed by atoms with Gasteiger partial charge >= 0.3 is 5.97 Å². The number of esters is 1. The van der Waals surface area contributed by atoms with E-state index in [1.54, 1.807) is 37.3 Å². The number of aryl methyl sites for hydroxylation is 1. The van der Waals surface area contributed by atoms with Gasteiger partial charge in [0.2, 0.25) is 0 Å². The molecule has 2 heterocycles. The summed E-state index contributed by atoms with van der Waals surface area (Å²) < 4.78 is 15.4. The first-order chi connectivity index (χ1) is 13.9. The number of nitrogens with one attached hydrogen (secondary N) is 2. The van der Waals surface area contributed by atoms with Crippen LogP contribution in [0.25, 0.3) is 0 Å². The van der Waals surface area contributed by atoms with Crippen LogP contribution >= 0.6 is 0 Å². The van der Waals surface area contributed by atoms with Crippen molar-refractivity contribution in [1.82, 2.24) is 5.32 Å². The molecule has 2 amide bonds. The zero-order chi connectivity index (χ0) is 20.8. The summed E-state index contributed by atoms with van der Waals surface area (Å²) in [6.45, 7) is 3.46. The fraction of sp³-hybridized carbons (Fsp3) is 0.190. The highest BCUT2D eigenvalue weighted by atomic mass is 16.5. The minimum absolute atomic E-state index is 0.152. The van der Waals surface area contributed by atoms with Crippen molar-refractivity contribution in [2.75, 3.05) is 5.32 Å². The van der Waals surface area contributed by atoms with Crippen LogP contribution < -0.4 is 10.6 Å². The molecule has 2 aromatic heterocycles. The fourth-order valence-electron chi connectivity index (χ4n) is 2.49. The Morgan fingerprint density at radius 2 is 1.83 bits per heavy atom. The summed E-state index contributed by atoms with van der Waals surface area (Å²) in [4.78, 5) is 36.7. The predicted octanol–water partition coefficient (Wildman–Crippen LogP) is 3.30. The normalized spacial score (nSPS) is 11.5. The Balaban J connectivity index is 1.61. The maximum atomic E-state index is 12.4. The molecule has 150 valence electrons. The van der Waals surface area contributed by atoms with Crippen molar-refractivity contribution in [2.45, 2.75) is 26.5 Å². The second-order valence-corrected chi connectivity index (χ2v) is 6.31. The van der Waals surface area contributed by atoms with Crippen LogP contribution in [0.4, 0.5) is 5.69 Å². The molecular weight excluding hydrogens is 376 g/mol. The molecule has 0 unspecified atom stereocenters. The van der Waals surface area contributed by atoms with Crippen molar-refractivity contribution >= 4 is 23.5 Å². The number of carbonyl (C=O) groups is 3. The third-order valence-corrected chi connectivity index (χ3v) is 4.14. The van der Waals surface area contributed by atoms with Gasteiger partial charge in [-0.05, 0) is 55.8 Å². The molecule has 0 aliphatic rings. The maximum Gasteiger partial charge on any atom is 0.338 e. The highest BCUT2D eigenvalue weighted by molar-refractivity contribution is 6.03. The zero-order valence-electron chi connectivity index (χ0n) is 15.9. The van der Waals surface area contributed by atoms with Crippen LogP contribution in [0.1, 0.15) is 39.2 Å². The lowest BCUT2D eigenvalue weighted by Gasteiger charge is -2.14. The Bertz CT molecular complexity index is 992. The van der Waals surface area contributed by atoms with Gasteiger partial charge in [-0.25, -0.2) is 4.79 Å². The van der Waals surface area contributed by atoms with Gasteiger partial charge in [-0.15, -0.1) is 0 Å². The molecule has 0 radical (unpaired) electrons. The van der Waals surface area contributed by atoms with E-state index >= 15 is 0 Å². The van der Waals surface area contributed by atoms with Crippen LogP contribution in [0, 0.1) is 6.92 Å². The zero-order valence-corrected chi connectivity index (χ0v) is 15.9. The molecule has 8 nitrogen and oxygen atoms in total. The van der Waals surface area contributed by atoms with Gasteiger partial charge in [-0.3, -0.25) is 9.59 Å². The van der Waals surface area contributed by atoms with Crippen LogP contribution in [0.2, 0.25) is 0 Å². The van der Waals surface area contributed by atoms with E-state index in [0.717, 1.165) is 5.56 Å². The molecule has 2 N–H and O–H groups in total. The number of amides is 2. The van der Waals surface area contributed by atoms with Gasteiger partial charge in [-0.1, -0.05) is 6.07 Å². The summed E-state index contributed by atoms with van der Waals surface area (Å²) >= 11 is 0. The summed E-state index contributed by atoms with van der Waals surface area (Å²) in [7, 11) is 0. The molecule has 0 aliphatic heterocycles. The first-order valence-corrected chi connectivity index (χ1v) is 8.90. The van der Waals surface area contributed by atoms with E-state index in [0.29, 0.717) is 11.4 Å². The highest BCUT2D eigenvalue weighted by Crippen LogP contribution is 2.19. The predicted molar refractivity (Wildman–Crippen MR) is 103 cm³/mol. The second kappa shape index (κ2) is 8.92. The Morgan fingerprint density at radius 1 is 1.07 bits per heavy atom. The molecule has 1 atom stereocenters. The number of ether oxygens (including phenoxy) is 1. The van der Waals surface area contributed by atoms with E-state index in [2.05, 4.69) is 10.6 Å². The van der Waals surface area contributed by atoms with Crippen molar-refractivity contribution in [3.8, 4) is 0 Å². The fourth-order valence-corrected chi connectivity index (χ4v) is 2.49. The maximum absolute atomic E-state index is 12.4. The smallest absolute Gasteiger partial charge is 0.338 e. The lowest BCUT2D eigenvalue weighted by molar-refractivity contribution is -0.129. The summed E-state index contributed by atoms with van der Waals surface area (Å²) in [5, 5.41) is 5.32. The van der Waals surface area contributed by atoms with Crippen LogP contribution in [0.5, 0.6) is 0 Å². The molecule has 8 heteroatoms. The van der Waals surface area contributed by atoms with Gasteiger partial charge in [0, 0.05) is 5.69 Å². The third kappa shape index (κ3) is 5.13. The quantitative estimate of drug-likeness (QED) is 0.593. The molecule has 0 bridgehead atoms. The van der Waals surface area contributed by atoms with Crippen molar-refractivity contribution in [3.05, 3.63) is 77.6 Å². The molecular formula is C21H20N2O6. The molecule has 0 aliphatic carbocycles. The lowest BCUT2D eigenvalue weighted by Crippen LogP contribution is -2.35. The molecule has 1 aromatic carbocycles. The molecule has 0 saturated carbocycles. The van der Waals surface area contributed by atoms with Gasteiger partial charge in [0.05, 0.1) is 24.6 Å². The van der Waals surface area contributed by atoms with Gasteiger partial charge in [0.1, 0.15) is 5.76 Å². The summed E-state index contributed by atoms with van der Waals surface area (Å²) in [6, 6.07) is 11.3. The number of carbonyl (C=O) groups excluding carboxylic acids is 3. The number of benzene rings is 1. The molecule has 3 rings (SSSR count). The molecule has 3 aromatic rings. The number of hydrogen-bond donors (Lipinski definition) is 2. The number of anilines is 1. The van der Waals surface area contributed by atoms with Crippen LogP contribution in [-0.4, -0.2) is 23.9 Å². The summed E-state index contributed by atoms with van der Waals surface area (Å²) in [5.74, 6) is -0.826. The largest absolute Gasteiger partial charge is 0.467 e. The van der Waals surface area contributed by atoms with Gasteiger partial charge < -0.3 is 24.2 Å². The number of hydrogen-bond acceptors (Lipinski definition) is 6. The van der Waals surface area contributed by atoms with Crippen molar-refractivity contribution in [1.29, 1.82) is 0 Å². The van der Waals surface area contributed by atoms with Gasteiger partial charge in [0.15, 0.2) is 11.9 Å². The average molecular weight is 396 g/mol. The van der Waals surface area contributed by atoms with Gasteiger partial charge in [0.25, 0.3) is 11.8 Å². The average Bonchev–Trinajstić information content (AvgIpc) is 3.41. The summed E-state index contributed by atoms with van der Waals surface area (Å²) in [5.41, 5.74) is 1.40. The minimum Gasteiger partial charge on any atom is -0.467 e. The van der Waals surface area contributed by atoms with Crippen molar-refractivity contribution in [3.63, 3.8) is 0 Å². The Hall–Kier alpha value is -3.81. The SMILES string of the molecule is Cc1ccc(C(=O)O[C@H](C)C(=O)NCc2ccco2)cc1NC(=O)c1ccco1. The van der Waals surface area contributed by atoms with E-state index in [1.165, 1.54) is 31.6 Å². The minimum atomic E-state index is -1.00. The third-order valence-electron chi connectivity index (χ3n) is 4.14. The second-order valence-electron chi connectivity index (χ2n) is 6.31. The summed E-state index contributed by atoms with van der Waals surface area (Å²) in [6.07, 6.45) is 1.90. The van der Waals surface area contributed by atoms with E-state index in [9.17, 15) is 14.4 Å². The first-order valence-electron chi connectivity index (χ1n) is 8.90. The molecule has 0 fully saturated rings. The topological polar surface area (TPSA) is 111 Å². The Labute approximate surface area is 166 Å². The number of furan rings is 2. The van der Waals surface area contributed by atoms with Crippen molar-refractivity contribution < 1.29 is 28.0 Å². The standard InChI is InChI=1S/C21H20N2O6/c1-13-7-8-15(11-17(13)23-20(25)18-6-4-10-28-18)21(26)29-14(2)19(24)22-12-16-5-3-9-27-16/h3-11,14H,12H2,1-2H3,(H,22,24)(H,23,25)/t14-/m1/s1. The highest BCUT2D eigenvalue weighted by Gasteiger charge is 2.20. The van der Waals surface area contributed by atoms with Gasteiger partial charge in [-0.2, -0.15) is 0 Å². The van der Waals surface area contributed by atoms with E-state index in [-0.39, 0.29) is 17.9 Å². The Morgan fingerprint density at radius 3 is 2.52 bits per heavy atom. The first kappa shape index (κ1) is 19.9. The van der Waals surface area contributed by atoms with Crippen molar-refractivity contribution in [2.24, 2.45) is 0 Å². The van der Waals surface area contributed by atoms with E-state index in [1.807, 2.05) is 0 Å². The molecule has 29 heavy (non-hydrogen) atoms. The van der Waals surface area contributed by atoms with Crippen LogP contribution in [0.15, 0.2) is 63.8 Å². The lowest BCUT2D eigenvalue weighted by atomic mass is 10.1. The molecule has 0 spiro atoms. The number of rotatable bonds is 7. The van der Waals surface area contributed by atoms with E-state index in [4.69, 9.17) is 13.6 Å². The van der Waals surface area contributed by atoms with Crippen LogP contribution in [0.3, 0.4) is 0 Å². The Kier molecular flexibility index (Phi) is 6.13. The molecule has 0 saturated heterocycles.